The predicted octanol–water partition coefficient (Wildman–Crippen LogP) is 1.65. The smallest absolute Gasteiger partial charge is 0.329 e. The van der Waals surface area contributed by atoms with Gasteiger partial charge in [-0.15, -0.1) is 0 Å². The number of carbonyl (C=O) groups is 3. The Labute approximate surface area is 164 Å². The third kappa shape index (κ3) is 5.30. The average Bonchev–Trinajstić information content (AvgIpc) is 2.60. The van der Waals surface area contributed by atoms with E-state index < -0.39 is 18.0 Å². The summed E-state index contributed by atoms with van der Waals surface area (Å²) in [7, 11) is 0. The van der Waals surface area contributed by atoms with Crippen molar-refractivity contribution in [1.29, 1.82) is 0 Å². The van der Waals surface area contributed by atoms with Crippen LogP contribution in [0, 0.1) is 23.2 Å². The maximum Gasteiger partial charge on any atom is 0.329 e. The van der Waals surface area contributed by atoms with E-state index in [0.717, 1.165) is 17.8 Å². The Morgan fingerprint density at radius 3 is 2.26 bits per heavy atom. The maximum atomic E-state index is 12.2. The highest BCUT2D eigenvalue weighted by Gasteiger charge is 2.50. The zero-order valence-corrected chi connectivity index (χ0v) is 16.8. The zero-order valence-electron chi connectivity index (χ0n) is 16.0. The van der Waals surface area contributed by atoms with Crippen LogP contribution in [0.2, 0.25) is 0 Å². The van der Waals surface area contributed by atoms with E-state index in [1.807, 2.05) is 6.26 Å². The minimum absolute atomic E-state index is 0.253. The van der Waals surface area contributed by atoms with E-state index >= 15 is 0 Å². The van der Waals surface area contributed by atoms with E-state index in [0.29, 0.717) is 18.7 Å². The van der Waals surface area contributed by atoms with E-state index in [1.54, 1.807) is 11.8 Å². The summed E-state index contributed by atoms with van der Waals surface area (Å²) in [6.07, 6.45) is 10.1. The van der Waals surface area contributed by atoms with Crippen molar-refractivity contribution in [2.45, 2.75) is 51.0 Å². The summed E-state index contributed by atoms with van der Waals surface area (Å²) in [6, 6.07) is -1.59. The summed E-state index contributed by atoms with van der Waals surface area (Å²) in [5, 5.41) is 5.36. The van der Waals surface area contributed by atoms with Crippen LogP contribution >= 0.6 is 11.8 Å². The van der Waals surface area contributed by atoms with Crippen LogP contribution in [-0.4, -0.2) is 49.1 Å². The average molecular weight is 398 g/mol. The third-order valence-electron chi connectivity index (χ3n) is 6.38. The number of urea groups is 1. The molecule has 4 fully saturated rings. The molecule has 4 rings (SSSR count). The zero-order chi connectivity index (χ0) is 19.4. The topological polar surface area (TPSA) is 111 Å². The van der Waals surface area contributed by atoms with Crippen LogP contribution in [0.15, 0.2) is 0 Å². The lowest BCUT2D eigenvalue weighted by molar-refractivity contribution is -0.150. The van der Waals surface area contributed by atoms with Crippen LogP contribution in [0.1, 0.15) is 44.9 Å². The van der Waals surface area contributed by atoms with Gasteiger partial charge in [0.25, 0.3) is 5.91 Å². The van der Waals surface area contributed by atoms with Crippen molar-refractivity contribution in [3.8, 4) is 0 Å². The molecule has 0 heterocycles. The largest absolute Gasteiger partial charge is 0.454 e. The molecule has 4 aliphatic rings. The number of nitrogens with two attached hydrogens (primary N) is 1. The SMILES string of the molecule is CSCC[C@@H](NC(N)=O)C(=O)OCC(=O)NCC12CC3CC(CC(C3)C1)C2. The van der Waals surface area contributed by atoms with E-state index in [1.165, 1.54) is 38.5 Å². The lowest BCUT2D eigenvalue weighted by Gasteiger charge is -2.56. The number of nitrogens with one attached hydrogen (secondary N) is 2. The highest BCUT2D eigenvalue weighted by Crippen LogP contribution is 2.59. The van der Waals surface area contributed by atoms with Crippen molar-refractivity contribution in [1.82, 2.24) is 10.6 Å². The molecule has 0 unspecified atom stereocenters. The van der Waals surface area contributed by atoms with Crippen molar-refractivity contribution >= 4 is 29.7 Å². The molecular weight excluding hydrogens is 366 g/mol. The van der Waals surface area contributed by atoms with Gasteiger partial charge in [0.05, 0.1) is 0 Å². The van der Waals surface area contributed by atoms with Crippen molar-refractivity contribution in [3.05, 3.63) is 0 Å². The Hall–Kier alpha value is -1.44. The highest BCUT2D eigenvalue weighted by molar-refractivity contribution is 7.98. The van der Waals surface area contributed by atoms with Gasteiger partial charge in [-0.3, -0.25) is 4.79 Å². The number of amides is 3. The molecule has 0 saturated heterocycles. The molecule has 0 aliphatic heterocycles. The van der Waals surface area contributed by atoms with Gasteiger partial charge in [-0.2, -0.15) is 11.8 Å². The lowest BCUT2D eigenvalue weighted by Crippen LogP contribution is -2.51. The molecular formula is C19H31N3O4S. The summed E-state index contributed by atoms with van der Waals surface area (Å²) in [6.45, 7) is 0.365. The Morgan fingerprint density at radius 2 is 1.74 bits per heavy atom. The van der Waals surface area contributed by atoms with E-state index in [4.69, 9.17) is 10.5 Å². The second-order valence-electron chi connectivity index (χ2n) is 8.64. The first kappa shape index (κ1) is 20.3. The lowest BCUT2D eigenvalue weighted by atomic mass is 9.49. The fourth-order valence-electron chi connectivity index (χ4n) is 5.74. The summed E-state index contributed by atoms with van der Waals surface area (Å²) in [4.78, 5) is 35.4. The monoisotopic (exact) mass is 397 g/mol. The predicted molar refractivity (Wildman–Crippen MR) is 104 cm³/mol. The molecule has 152 valence electrons. The number of thioether (sulfide) groups is 1. The van der Waals surface area contributed by atoms with Crippen LogP contribution in [-0.2, 0) is 14.3 Å². The number of hydrogen-bond donors (Lipinski definition) is 3. The van der Waals surface area contributed by atoms with E-state index in [-0.39, 0.29) is 17.9 Å². The number of hydrogen-bond acceptors (Lipinski definition) is 5. The minimum Gasteiger partial charge on any atom is -0.454 e. The Balaban J connectivity index is 1.42. The Kier molecular flexibility index (Phi) is 6.55. The molecule has 4 aliphatic carbocycles. The van der Waals surface area contributed by atoms with E-state index in [9.17, 15) is 14.4 Å². The third-order valence-corrected chi connectivity index (χ3v) is 7.03. The molecule has 0 aromatic carbocycles. The summed E-state index contributed by atoms with van der Waals surface area (Å²) >= 11 is 1.55. The van der Waals surface area contributed by atoms with Gasteiger partial charge in [-0.25, -0.2) is 9.59 Å². The molecule has 3 amide bonds. The van der Waals surface area contributed by atoms with Crippen LogP contribution in [0.4, 0.5) is 4.79 Å². The molecule has 0 spiro atoms. The molecule has 8 heteroatoms. The van der Waals surface area contributed by atoms with Gasteiger partial charge in [0, 0.05) is 6.54 Å². The first-order chi connectivity index (χ1) is 12.9. The van der Waals surface area contributed by atoms with Gasteiger partial charge in [0.1, 0.15) is 6.04 Å². The standard InChI is InChI=1S/C19H31N3O4S/c1-27-3-2-15(22-18(20)25)17(24)26-10-16(23)21-11-19-7-12-4-13(8-19)6-14(5-12)9-19/h12-15H,2-11H2,1H3,(H,21,23)(H3,20,22,25)/t12?,13?,14?,15-,19?/m1/s1. The number of ether oxygens (including phenoxy) is 1. The molecule has 7 nitrogen and oxygen atoms in total. The van der Waals surface area contributed by atoms with Crippen molar-refractivity contribution in [2.24, 2.45) is 28.9 Å². The molecule has 1 atom stereocenters. The number of rotatable bonds is 9. The van der Waals surface area contributed by atoms with E-state index in [2.05, 4.69) is 10.6 Å². The fraction of sp³-hybridized carbons (Fsp3) is 0.842. The first-order valence-corrected chi connectivity index (χ1v) is 11.3. The molecule has 0 aromatic heterocycles. The normalized spacial score (nSPS) is 32.0. The summed E-state index contributed by atoms with van der Waals surface area (Å²) in [5.41, 5.74) is 5.36. The van der Waals surface area contributed by atoms with Gasteiger partial charge in [-0.1, -0.05) is 0 Å². The molecule has 4 N–H and O–H groups in total. The summed E-state index contributed by atoms with van der Waals surface area (Å²) < 4.78 is 5.10. The van der Waals surface area contributed by atoms with Gasteiger partial charge < -0.3 is 21.1 Å². The van der Waals surface area contributed by atoms with Crippen molar-refractivity contribution < 1.29 is 19.1 Å². The second kappa shape index (κ2) is 8.71. The number of primary amides is 1. The molecule has 4 bridgehead atoms. The highest BCUT2D eigenvalue weighted by atomic mass is 32.2. The molecule has 4 saturated carbocycles. The van der Waals surface area contributed by atoms with Crippen molar-refractivity contribution in [2.75, 3.05) is 25.2 Å². The van der Waals surface area contributed by atoms with Crippen LogP contribution in [0.3, 0.4) is 0 Å². The van der Waals surface area contributed by atoms with Crippen LogP contribution in [0.25, 0.3) is 0 Å². The summed E-state index contributed by atoms with van der Waals surface area (Å²) in [5.74, 6) is 2.29. The van der Waals surface area contributed by atoms with Crippen LogP contribution in [0.5, 0.6) is 0 Å². The molecule has 27 heavy (non-hydrogen) atoms. The Bertz CT molecular complexity index is 548. The van der Waals surface area contributed by atoms with Gasteiger partial charge in [0.2, 0.25) is 0 Å². The fourth-order valence-corrected chi connectivity index (χ4v) is 6.21. The maximum absolute atomic E-state index is 12.2. The number of carbonyl (C=O) groups excluding carboxylic acids is 3. The number of esters is 1. The Morgan fingerprint density at radius 1 is 1.15 bits per heavy atom. The molecule has 0 radical (unpaired) electrons. The minimum atomic E-state index is -0.814. The van der Waals surface area contributed by atoms with Gasteiger partial charge >= 0.3 is 12.0 Å². The molecule has 0 aromatic rings. The van der Waals surface area contributed by atoms with Crippen molar-refractivity contribution in [3.63, 3.8) is 0 Å². The quantitative estimate of drug-likeness (QED) is 0.513. The second-order valence-corrected chi connectivity index (χ2v) is 9.63. The first-order valence-electron chi connectivity index (χ1n) is 9.87. The van der Waals surface area contributed by atoms with Crippen LogP contribution < -0.4 is 16.4 Å². The van der Waals surface area contributed by atoms with Gasteiger partial charge in [-0.05, 0) is 80.1 Å². The van der Waals surface area contributed by atoms with Gasteiger partial charge in [0.15, 0.2) is 6.61 Å².